The van der Waals surface area contributed by atoms with E-state index in [0.717, 1.165) is 51.4 Å². The van der Waals surface area contributed by atoms with Gasteiger partial charge in [0.05, 0.1) is 33.8 Å². The second-order valence-corrected chi connectivity index (χ2v) is 23.8. The van der Waals surface area contributed by atoms with Crippen molar-refractivity contribution in [3.63, 3.8) is 0 Å². The van der Waals surface area contributed by atoms with Crippen molar-refractivity contribution in [1.29, 1.82) is 0 Å². The van der Waals surface area contributed by atoms with Gasteiger partial charge >= 0.3 is 23.9 Å². The van der Waals surface area contributed by atoms with E-state index < -0.39 is 11.4 Å². The Labute approximate surface area is 307 Å². The fraction of sp³-hybridized carbons (Fsp3) is 1.00. The number of unbranched alkanes of at least 4 members (excludes halogenated alkanes) is 8. The van der Waals surface area contributed by atoms with E-state index in [1.165, 1.54) is 51.4 Å². The summed E-state index contributed by atoms with van der Waals surface area (Å²) in [5.41, 5.74) is -6.38. The molecule has 0 aliphatic rings. The SMILES string of the molecule is CCCCCC(C)(C)OP(=S)([S-])OC(C)(C)CCCCC.CCCCCC(C)(C)OP(=S)([S-])OC(C)(C)CCCCC.[Sn+2]. The predicted molar refractivity (Wildman–Crippen MR) is 206 cm³/mol. The second kappa shape index (κ2) is 24.7. The molecule has 4 nitrogen and oxygen atoms in total. The molecule has 0 aromatic heterocycles. The van der Waals surface area contributed by atoms with Crippen LogP contribution in [-0.2, 0) is 66.2 Å². The maximum Gasteiger partial charge on any atom is 2.00 e. The Kier molecular flexibility index (Phi) is 28.8. The summed E-state index contributed by atoms with van der Waals surface area (Å²) >= 11 is 21.9. The van der Waals surface area contributed by atoms with Crippen LogP contribution in [0.4, 0.5) is 0 Å². The molecule has 0 aliphatic carbocycles. The van der Waals surface area contributed by atoms with Crippen LogP contribution in [0.5, 0.6) is 0 Å². The Bertz CT molecular complexity index is 675. The summed E-state index contributed by atoms with van der Waals surface area (Å²) in [6.07, 6.45) is 18.2. The van der Waals surface area contributed by atoms with Crippen molar-refractivity contribution in [2.75, 3.05) is 0 Å². The van der Waals surface area contributed by atoms with Gasteiger partial charge in [-0.1, -0.05) is 128 Å². The molecule has 11 heteroatoms. The Morgan fingerprint density at radius 3 is 0.721 bits per heavy atom. The van der Waals surface area contributed by atoms with Gasteiger partial charge in [-0.3, -0.25) is 0 Å². The number of hydrogen-bond acceptors (Lipinski definition) is 8. The maximum absolute atomic E-state index is 6.03. The molecule has 0 atom stereocenters. The van der Waals surface area contributed by atoms with E-state index in [4.69, 9.17) is 66.2 Å². The van der Waals surface area contributed by atoms with E-state index in [9.17, 15) is 0 Å². The van der Waals surface area contributed by atoms with Crippen LogP contribution in [0.25, 0.3) is 0 Å². The zero-order chi connectivity index (χ0) is 33.1. The Morgan fingerprint density at radius 1 is 0.419 bits per heavy atom. The largest absolute Gasteiger partial charge is 2.00 e. The average molecular weight is 826 g/mol. The normalized spacial score (nSPS) is 13.3. The number of rotatable bonds is 24. The molecule has 0 rings (SSSR count). The minimum atomic E-state index is -2.62. The standard InChI is InChI=1S/2C16H35O2PS2.Sn/c2*1-7-9-11-13-15(3,4)17-19(20,21)18-16(5,6)14-12-10-8-2;/h2*7-14H2,1-6H3,(H,20,21);/q;;+2/p-2. The van der Waals surface area contributed by atoms with Crippen molar-refractivity contribution in [2.24, 2.45) is 0 Å². The van der Waals surface area contributed by atoms with Gasteiger partial charge in [0.1, 0.15) is 0 Å². The molecule has 0 aromatic carbocycles. The summed E-state index contributed by atoms with van der Waals surface area (Å²) in [6, 6.07) is 0. The molecule has 258 valence electrons. The molecule has 0 unspecified atom stereocenters. The molecule has 0 heterocycles. The van der Waals surface area contributed by atoms with Gasteiger partial charge in [0.2, 0.25) is 0 Å². The van der Waals surface area contributed by atoms with Gasteiger partial charge in [0.15, 0.2) is 0 Å². The molecule has 0 saturated carbocycles. The van der Waals surface area contributed by atoms with Gasteiger partial charge in [-0.2, -0.15) is 0 Å². The van der Waals surface area contributed by atoms with Crippen LogP contribution < -0.4 is 0 Å². The van der Waals surface area contributed by atoms with Crippen molar-refractivity contribution in [2.45, 2.75) is 208 Å². The van der Waals surface area contributed by atoms with E-state index in [1.807, 2.05) is 0 Å². The Morgan fingerprint density at radius 2 is 0.581 bits per heavy atom. The van der Waals surface area contributed by atoms with Crippen molar-refractivity contribution >= 4 is 83.4 Å². The van der Waals surface area contributed by atoms with E-state index in [-0.39, 0.29) is 46.3 Å². The quantitative estimate of drug-likeness (QED) is 0.0412. The summed E-state index contributed by atoms with van der Waals surface area (Å²) < 4.78 is 24.1. The van der Waals surface area contributed by atoms with Crippen molar-refractivity contribution in [1.82, 2.24) is 0 Å². The first-order valence-electron chi connectivity index (χ1n) is 16.5. The van der Waals surface area contributed by atoms with Gasteiger partial charge in [0, 0.05) is 0 Å². The smallest absolute Gasteiger partial charge is 0.691 e. The molecule has 0 saturated heterocycles. The minimum Gasteiger partial charge on any atom is -0.691 e. The summed E-state index contributed by atoms with van der Waals surface area (Å²) in [7, 11) is 0. The average Bonchev–Trinajstić information content (AvgIpc) is 2.76. The van der Waals surface area contributed by atoms with Gasteiger partial charge in [-0.05, 0) is 81.1 Å². The van der Waals surface area contributed by atoms with Gasteiger partial charge in [-0.25, -0.2) is 0 Å². The van der Waals surface area contributed by atoms with E-state index >= 15 is 0 Å². The molecule has 0 aromatic rings. The van der Waals surface area contributed by atoms with Crippen molar-refractivity contribution in [3.05, 3.63) is 0 Å². The molecule has 0 fully saturated rings. The van der Waals surface area contributed by atoms with Crippen LogP contribution in [0, 0.1) is 0 Å². The summed E-state index contributed by atoms with van der Waals surface area (Å²) in [6.45, 7) is 25.4. The fourth-order valence-corrected chi connectivity index (χ4v) is 12.3. The molecule has 0 bridgehead atoms. The van der Waals surface area contributed by atoms with Crippen molar-refractivity contribution in [3.8, 4) is 0 Å². The van der Waals surface area contributed by atoms with Crippen LogP contribution in [0.1, 0.15) is 186 Å². The first-order chi connectivity index (χ1) is 19.1. The van der Waals surface area contributed by atoms with E-state index in [1.54, 1.807) is 0 Å². The fourth-order valence-electron chi connectivity index (χ4n) is 4.63. The predicted octanol–water partition coefficient (Wildman–Crippen LogP) is 12.6. The second-order valence-electron chi connectivity index (χ2n) is 14.1. The van der Waals surface area contributed by atoms with Gasteiger partial charge in [-0.15, -0.1) is 0 Å². The first kappa shape index (κ1) is 50.0. The molecule has 43 heavy (non-hydrogen) atoms. The third-order valence-electron chi connectivity index (χ3n) is 6.97. The summed E-state index contributed by atoms with van der Waals surface area (Å²) in [5.74, 6) is 0. The van der Waals surface area contributed by atoms with Crippen molar-refractivity contribution < 1.29 is 18.1 Å². The Balaban J connectivity index is -0.000000727. The van der Waals surface area contributed by atoms with Crippen LogP contribution >= 0.6 is 11.4 Å². The van der Waals surface area contributed by atoms with Crippen LogP contribution in [0.15, 0.2) is 0 Å². The monoisotopic (exact) mass is 826 g/mol. The molecule has 0 N–H and O–H groups in total. The third kappa shape index (κ3) is 31.6. The molecule has 0 spiro atoms. The first-order valence-corrected chi connectivity index (χ1v) is 23.8. The van der Waals surface area contributed by atoms with Crippen LogP contribution in [0.3, 0.4) is 0 Å². The van der Waals surface area contributed by atoms with E-state index in [0.29, 0.717) is 0 Å². The Hall–Kier alpha value is 2.64. The van der Waals surface area contributed by atoms with Gasteiger partial charge < -0.3 is 42.6 Å². The minimum absolute atomic E-state index is 0. The van der Waals surface area contributed by atoms with Gasteiger partial charge in [0.25, 0.3) is 0 Å². The topological polar surface area (TPSA) is 36.9 Å². The summed E-state index contributed by atoms with van der Waals surface area (Å²) in [4.78, 5) is 0. The molecular formula is C32H68O4P2S4Sn. The third-order valence-corrected chi connectivity index (χ3v) is 11.6. The van der Waals surface area contributed by atoms with E-state index in [2.05, 4.69) is 83.1 Å². The zero-order valence-corrected chi connectivity index (χ0v) is 37.9. The van der Waals surface area contributed by atoms with Crippen LogP contribution in [0.2, 0.25) is 0 Å². The molecule has 0 aliphatic heterocycles. The molecular weight excluding hydrogens is 757 g/mol. The molecule has 2 radical (unpaired) electrons. The van der Waals surface area contributed by atoms with Crippen LogP contribution in [-0.4, -0.2) is 46.3 Å². The summed E-state index contributed by atoms with van der Waals surface area (Å²) in [5, 5.41) is 0. The zero-order valence-electron chi connectivity index (χ0n) is 30.0. The maximum atomic E-state index is 6.03. The molecule has 0 amide bonds. The number of hydrogen-bond donors (Lipinski definition) is 0.